The molecule has 0 unspecified atom stereocenters. The van der Waals surface area contributed by atoms with Crippen LogP contribution in [0.25, 0.3) is 11.3 Å². The van der Waals surface area contributed by atoms with E-state index in [0.717, 1.165) is 30.0 Å². The van der Waals surface area contributed by atoms with Crippen molar-refractivity contribution in [3.8, 4) is 0 Å². The van der Waals surface area contributed by atoms with Crippen LogP contribution < -0.4 is 10.6 Å². The topological polar surface area (TPSA) is 75.2 Å². The summed E-state index contributed by atoms with van der Waals surface area (Å²) in [6.07, 6.45) is 3.02. The van der Waals surface area contributed by atoms with E-state index in [9.17, 15) is 0 Å². The maximum Gasteiger partial charge on any atom is 0.129 e. The van der Waals surface area contributed by atoms with Crippen LogP contribution in [0.4, 0.5) is 5.82 Å². The highest BCUT2D eigenvalue weighted by Gasteiger charge is 2.14. The van der Waals surface area contributed by atoms with Crippen molar-refractivity contribution in [2.75, 3.05) is 31.2 Å². The highest BCUT2D eigenvalue weighted by Crippen LogP contribution is 2.24. The van der Waals surface area contributed by atoms with Crippen LogP contribution in [0.3, 0.4) is 0 Å². The predicted octanol–water partition coefficient (Wildman–Crippen LogP) is 3.05. The molecule has 1 saturated heterocycles. The Morgan fingerprint density at radius 3 is 2.54 bits per heavy atom. The number of anilines is 1. The van der Waals surface area contributed by atoms with Gasteiger partial charge in [0.15, 0.2) is 0 Å². The van der Waals surface area contributed by atoms with Gasteiger partial charge >= 0.3 is 0 Å². The maximum absolute atomic E-state index is 7.74. The third-order valence-corrected chi connectivity index (χ3v) is 4.23. The van der Waals surface area contributed by atoms with Crippen LogP contribution in [-0.4, -0.2) is 37.5 Å². The van der Waals surface area contributed by atoms with Crippen molar-refractivity contribution in [2.24, 2.45) is 5.73 Å². The van der Waals surface area contributed by atoms with Crippen molar-refractivity contribution < 1.29 is 4.74 Å². The largest absolute Gasteiger partial charge is 0.398 e. The van der Waals surface area contributed by atoms with Gasteiger partial charge in [0.1, 0.15) is 5.82 Å². The zero-order valence-corrected chi connectivity index (χ0v) is 14.0. The Morgan fingerprint density at radius 2 is 1.88 bits per heavy atom. The van der Waals surface area contributed by atoms with Gasteiger partial charge in [-0.1, -0.05) is 23.7 Å². The molecule has 6 heteroatoms. The number of nitrogens with zero attached hydrogens (tertiary/aromatic N) is 2. The summed E-state index contributed by atoms with van der Waals surface area (Å²) in [4.78, 5) is 6.61. The van der Waals surface area contributed by atoms with E-state index < -0.39 is 0 Å². The predicted molar refractivity (Wildman–Crippen MR) is 98.5 cm³/mol. The zero-order chi connectivity index (χ0) is 16.9. The van der Waals surface area contributed by atoms with Gasteiger partial charge < -0.3 is 20.8 Å². The van der Waals surface area contributed by atoms with Crippen LogP contribution in [0.2, 0.25) is 5.02 Å². The van der Waals surface area contributed by atoms with Gasteiger partial charge in [-0.3, -0.25) is 0 Å². The van der Waals surface area contributed by atoms with Gasteiger partial charge in [-0.05, 0) is 29.8 Å². The molecule has 1 fully saturated rings. The summed E-state index contributed by atoms with van der Waals surface area (Å²) in [5.74, 6) is 0.874. The number of halogens is 1. The summed E-state index contributed by atoms with van der Waals surface area (Å²) in [6.45, 7) is 3.03. The quantitative estimate of drug-likeness (QED) is 0.837. The number of allylic oxidation sites excluding steroid dienone is 1. The van der Waals surface area contributed by atoms with Gasteiger partial charge in [0.25, 0.3) is 0 Å². The molecular weight excluding hydrogens is 324 g/mol. The van der Waals surface area contributed by atoms with Crippen molar-refractivity contribution in [3.05, 3.63) is 58.7 Å². The monoisotopic (exact) mass is 342 g/mol. The number of ether oxygens (including phenoxy) is 1. The molecule has 0 spiro atoms. The van der Waals surface area contributed by atoms with E-state index >= 15 is 0 Å². The second-order valence-electron chi connectivity index (χ2n) is 5.48. The second-order valence-corrected chi connectivity index (χ2v) is 5.92. The van der Waals surface area contributed by atoms with E-state index in [-0.39, 0.29) is 0 Å². The van der Waals surface area contributed by atoms with E-state index in [1.54, 1.807) is 18.3 Å². The minimum atomic E-state index is 0.546. The molecule has 0 aliphatic carbocycles. The summed E-state index contributed by atoms with van der Waals surface area (Å²) in [7, 11) is 0. The maximum atomic E-state index is 7.74. The first-order valence-electron chi connectivity index (χ1n) is 7.74. The van der Waals surface area contributed by atoms with E-state index in [1.165, 1.54) is 6.21 Å². The van der Waals surface area contributed by atoms with Crippen molar-refractivity contribution in [3.63, 3.8) is 0 Å². The lowest BCUT2D eigenvalue weighted by Gasteiger charge is -2.28. The first-order chi connectivity index (χ1) is 11.7. The smallest absolute Gasteiger partial charge is 0.129 e. The number of pyridine rings is 1. The van der Waals surface area contributed by atoms with Crippen LogP contribution in [0.1, 0.15) is 11.1 Å². The lowest BCUT2D eigenvalue weighted by Crippen LogP contribution is -2.36. The zero-order valence-electron chi connectivity index (χ0n) is 13.2. The summed E-state index contributed by atoms with van der Waals surface area (Å²) in [5, 5.41) is 8.39. The van der Waals surface area contributed by atoms with Gasteiger partial charge in [0.2, 0.25) is 0 Å². The molecule has 3 N–H and O–H groups in total. The van der Waals surface area contributed by atoms with Crippen LogP contribution >= 0.6 is 11.6 Å². The van der Waals surface area contributed by atoms with Gasteiger partial charge in [0.05, 0.1) is 13.2 Å². The Labute approximate surface area is 146 Å². The highest BCUT2D eigenvalue weighted by molar-refractivity contribution is 6.30. The summed E-state index contributed by atoms with van der Waals surface area (Å²) < 4.78 is 5.38. The number of hydrogen-bond acceptors (Lipinski definition) is 5. The van der Waals surface area contributed by atoms with Crippen molar-refractivity contribution in [2.45, 2.75) is 0 Å². The Kier molecular flexibility index (Phi) is 5.13. The fraction of sp³-hybridized carbons (Fsp3) is 0.222. The van der Waals surface area contributed by atoms with E-state index in [1.807, 2.05) is 24.3 Å². The number of morpholine rings is 1. The van der Waals surface area contributed by atoms with Gasteiger partial charge in [0, 0.05) is 47.4 Å². The molecule has 0 amide bonds. The molecule has 1 aliphatic rings. The summed E-state index contributed by atoms with van der Waals surface area (Å²) in [5.41, 5.74) is 9.25. The first kappa shape index (κ1) is 16.5. The van der Waals surface area contributed by atoms with Crippen LogP contribution in [0, 0.1) is 5.41 Å². The third kappa shape index (κ3) is 3.58. The van der Waals surface area contributed by atoms with Crippen molar-refractivity contribution >= 4 is 34.9 Å². The Bertz CT molecular complexity index is 752. The van der Waals surface area contributed by atoms with Crippen molar-refractivity contribution in [1.29, 1.82) is 5.41 Å². The molecule has 24 heavy (non-hydrogen) atoms. The number of nitrogens with one attached hydrogen (secondary N) is 1. The van der Waals surface area contributed by atoms with Gasteiger partial charge in [-0.15, -0.1) is 0 Å². The normalized spacial score (nSPS) is 15.8. The van der Waals surface area contributed by atoms with E-state index in [4.69, 9.17) is 27.5 Å². The van der Waals surface area contributed by atoms with Gasteiger partial charge in [-0.2, -0.15) is 0 Å². The minimum Gasteiger partial charge on any atom is -0.398 e. The standard InChI is InChI=1S/C18H19ClN4O/c19-15-3-1-13(2-4-15)16(12-20)18(21)14-5-6-22-17(11-14)23-7-9-24-10-8-23/h1-6,11-12,20H,7-10,21H2. The number of benzene rings is 1. The number of hydrogen-bond donors (Lipinski definition) is 2. The molecule has 5 nitrogen and oxygen atoms in total. The van der Waals surface area contributed by atoms with E-state index in [0.29, 0.717) is 29.5 Å². The number of nitrogens with two attached hydrogens (primary N) is 1. The Morgan fingerprint density at radius 1 is 1.17 bits per heavy atom. The molecule has 1 aromatic carbocycles. The molecule has 1 aliphatic heterocycles. The Balaban J connectivity index is 1.96. The molecule has 3 rings (SSSR count). The Hall–Kier alpha value is -2.37. The van der Waals surface area contributed by atoms with Crippen LogP contribution in [-0.2, 0) is 4.74 Å². The fourth-order valence-electron chi connectivity index (χ4n) is 2.65. The van der Waals surface area contributed by atoms with Crippen molar-refractivity contribution in [1.82, 2.24) is 4.98 Å². The molecule has 1 aromatic heterocycles. The third-order valence-electron chi connectivity index (χ3n) is 3.98. The molecule has 0 bridgehead atoms. The SMILES string of the molecule is N=CC(=C(N)c1ccnc(N2CCOCC2)c1)c1ccc(Cl)cc1. The lowest BCUT2D eigenvalue weighted by atomic mass is 10.0. The molecule has 0 radical (unpaired) electrons. The highest BCUT2D eigenvalue weighted by atomic mass is 35.5. The molecular formula is C18H19ClN4O. The van der Waals surface area contributed by atoms with Crippen LogP contribution in [0.5, 0.6) is 0 Å². The molecule has 2 heterocycles. The summed E-state index contributed by atoms with van der Waals surface area (Å²) in [6, 6.07) is 11.1. The van der Waals surface area contributed by atoms with Crippen LogP contribution in [0.15, 0.2) is 42.6 Å². The molecule has 124 valence electrons. The fourth-order valence-corrected chi connectivity index (χ4v) is 2.78. The second kappa shape index (κ2) is 7.47. The molecule has 0 atom stereocenters. The minimum absolute atomic E-state index is 0.546. The van der Waals surface area contributed by atoms with Gasteiger partial charge in [-0.25, -0.2) is 4.98 Å². The number of aromatic nitrogens is 1. The lowest BCUT2D eigenvalue weighted by molar-refractivity contribution is 0.122. The molecule has 0 saturated carbocycles. The first-order valence-corrected chi connectivity index (χ1v) is 8.12. The number of rotatable bonds is 4. The average molecular weight is 343 g/mol. The summed E-state index contributed by atoms with van der Waals surface area (Å²) >= 11 is 5.93. The average Bonchev–Trinajstić information content (AvgIpc) is 2.64. The molecule has 2 aromatic rings. The van der Waals surface area contributed by atoms with E-state index in [2.05, 4.69) is 9.88 Å².